The number of carbonyl (C=O) groups is 1. The van der Waals surface area contributed by atoms with Gasteiger partial charge in [0.05, 0.1) is 11.1 Å². The molecule has 0 saturated carbocycles. The van der Waals surface area contributed by atoms with Crippen LogP contribution >= 0.6 is 0 Å². The molecule has 0 saturated heterocycles. The zero-order valence-corrected chi connectivity index (χ0v) is 9.40. The fourth-order valence-electron chi connectivity index (χ4n) is 1.16. The summed E-state index contributed by atoms with van der Waals surface area (Å²) in [4.78, 5) is 17.4. The summed E-state index contributed by atoms with van der Waals surface area (Å²) < 4.78 is 0. The molecular weight excluding hydrogens is 204 g/mol. The third kappa shape index (κ3) is 2.81. The maximum absolute atomic E-state index is 11.9. The first-order valence-corrected chi connectivity index (χ1v) is 5.00. The minimum Gasteiger partial charge on any atom is -0.384 e. The van der Waals surface area contributed by atoms with Crippen LogP contribution in [-0.4, -0.2) is 41.1 Å². The van der Waals surface area contributed by atoms with Gasteiger partial charge in [0, 0.05) is 26.0 Å². The largest absolute Gasteiger partial charge is 0.384 e. The molecule has 0 fully saturated rings. The summed E-state index contributed by atoms with van der Waals surface area (Å²) in [6.45, 7) is 2.30. The van der Waals surface area contributed by atoms with E-state index < -0.39 is 0 Å². The average molecular weight is 218 g/mol. The van der Waals surface area contributed by atoms with Crippen LogP contribution in [-0.2, 0) is 0 Å². The number of hydrogen-bond donors (Lipinski definition) is 1. The fourth-order valence-corrected chi connectivity index (χ4v) is 1.16. The van der Waals surface area contributed by atoms with Gasteiger partial charge in [-0.15, -0.1) is 0 Å². The van der Waals surface area contributed by atoms with Gasteiger partial charge in [0.2, 0.25) is 0 Å². The predicted molar refractivity (Wildman–Crippen MR) is 60.8 cm³/mol. The van der Waals surface area contributed by atoms with E-state index in [9.17, 15) is 4.79 Å². The number of amides is 1. The summed E-state index contributed by atoms with van der Waals surface area (Å²) in [7, 11) is 1.73. The lowest BCUT2D eigenvalue weighted by Gasteiger charge is -2.14. The number of aliphatic hydroxyl groups excluding tert-OH is 1. The maximum atomic E-state index is 11.9. The molecular formula is C12H14N2O2. The van der Waals surface area contributed by atoms with Crippen molar-refractivity contribution in [3.05, 3.63) is 29.6 Å². The summed E-state index contributed by atoms with van der Waals surface area (Å²) in [6, 6.07) is 1.63. The number of aromatic nitrogens is 1. The first-order chi connectivity index (χ1) is 7.70. The molecule has 1 N–H and O–H groups in total. The predicted octanol–water partition coefficient (Wildman–Crippen LogP) is 0.517. The first kappa shape index (κ1) is 12.2. The molecule has 4 nitrogen and oxygen atoms in total. The van der Waals surface area contributed by atoms with Crippen LogP contribution in [0.25, 0.3) is 0 Å². The normalized spacial score (nSPS) is 9.19. The Balaban J connectivity index is 3.08. The van der Waals surface area contributed by atoms with E-state index in [4.69, 9.17) is 5.11 Å². The van der Waals surface area contributed by atoms with E-state index in [2.05, 4.69) is 16.8 Å². The van der Waals surface area contributed by atoms with E-state index >= 15 is 0 Å². The van der Waals surface area contributed by atoms with Crippen molar-refractivity contribution < 1.29 is 9.90 Å². The van der Waals surface area contributed by atoms with E-state index in [0.717, 1.165) is 0 Å². The number of carbonyl (C=O) groups excluding carboxylic acids is 1. The Morgan fingerprint density at radius 3 is 3.00 bits per heavy atom. The van der Waals surface area contributed by atoms with Gasteiger partial charge in [-0.2, -0.15) is 0 Å². The smallest absolute Gasteiger partial charge is 0.254 e. The lowest BCUT2D eigenvalue weighted by atomic mass is 10.1. The van der Waals surface area contributed by atoms with Gasteiger partial charge < -0.3 is 10.0 Å². The average Bonchev–Trinajstić information content (AvgIpc) is 2.34. The lowest BCUT2D eigenvalue weighted by molar-refractivity contribution is 0.0802. The third-order valence-electron chi connectivity index (χ3n) is 2.17. The summed E-state index contributed by atoms with van der Waals surface area (Å²) in [6.07, 6.45) is 3.08. The van der Waals surface area contributed by atoms with Gasteiger partial charge in [-0.25, -0.2) is 0 Å². The lowest BCUT2D eigenvalue weighted by Crippen LogP contribution is -2.26. The SMILES string of the molecule is CCN(C)C(=O)c1ccncc1C#CCO. The van der Waals surface area contributed by atoms with E-state index in [1.165, 1.54) is 6.20 Å². The van der Waals surface area contributed by atoms with Crippen LogP contribution in [0.1, 0.15) is 22.8 Å². The van der Waals surface area contributed by atoms with Gasteiger partial charge in [-0.05, 0) is 13.0 Å². The van der Waals surface area contributed by atoms with E-state index in [0.29, 0.717) is 17.7 Å². The second-order valence-corrected chi connectivity index (χ2v) is 3.20. The standard InChI is InChI=1S/C12H14N2O2/c1-3-14(2)12(16)11-6-7-13-9-10(11)5-4-8-15/h6-7,9,15H,3,8H2,1-2H3. The molecule has 0 aliphatic rings. The van der Waals surface area contributed by atoms with Crippen LogP contribution in [0, 0.1) is 11.8 Å². The Morgan fingerprint density at radius 2 is 2.38 bits per heavy atom. The summed E-state index contributed by atoms with van der Waals surface area (Å²) in [5.41, 5.74) is 1.06. The van der Waals surface area contributed by atoms with Crippen molar-refractivity contribution in [2.75, 3.05) is 20.2 Å². The Labute approximate surface area is 94.9 Å². The van der Waals surface area contributed by atoms with Crippen LogP contribution in [0.15, 0.2) is 18.5 Å². The zero-order valence-electron chi connectivity index (χ0n) is 9.40. The number of nitrogens with zero attached hydrogens (tertiary/aromatic N) is 2. The molecule has 0 radical (unpaired) electrons. The number of hydrogen-bond acceptors (Lipinski definition) is 3. The molecule has 16 heavy (non-hydrogen) atoms. The topological polar surface area (TPSA) is 53.4 Å². The highest BCUT2D eigenvalue weighted by molar-refractivity contribution is 5.96. The minimum atomic E-state index is -0.230. The van der Waals surface area contributed by atoms with Crippen molar-refractivity contribution in [1.82, 2.24) is 9.88 Å². The molecule has 0 spiro atoms. The van der Waals surface area contributed by atoms with Crippen molar-refractivity contribution in [2.24, 2.45) is 0 Å². The monoisotopic (exact) mass is 218 g/mol. The van der Waals surface area contributed by atoms with E-state index in [1.807, 2.05) is 6.92 Å². The molecule has 1 rings (SSSR count). The van der Waals surface area contributed by atoms with Crippen LogP contribution in [0.5, 0.6) is 0 Å². The van der Waals surface area contributed by atoms with Crippen LogP contribution in [0.3, 0.4) is 0 Å². The highest BCUT2D eigenvalue weighted by Gasteiger charge is 2.13. The zero-order chi connectivity index (χ0) is 12.0. The third-order valence-corrected chi connectivity index (χ3v) is 2.17. The second-order valence-electron chi connectivity index (χ2n) is 3.20. The molecule has 0 bridgehead atoms. The molecule has 1 aromatic heterocycles. The van der Waals surface area contributed by atoms with Gasteiger partial charge in [0.25, 0.3) is 5.91 Å². The van der Waals surface area contributed by atoms with Gasteiger partial charge in [0.15, 0.2) is 0 Å². The molecule has 0 aliphatic heterocycles. The number of pyridine rings is 1. The van der Waals surface area contributed by atoms with Gasteiger partial charge in [0.1, 0.15) is 6.61 Å². The van der Waals surface area contributed by atoms with E-state index in [1.54, 1.807) is 24.2 Å². The molecule has 84 valence electrons. The van der Waals surface area contributed by atoms with Gasteiger partial charge in [-0.1, -0.05) is 11.8 Å². The maximum Gasteiger partial charge on any atom is 0.254 e. The van der Waals surface area contributed by atoms with Crippen molar-refractivity contribution in [3.8, 4) is 11.8 Å². The molecule has 0 aliphatic carbocycles. The molecule has 4 heteroatoms. The van der Waals surface area contributed by atoms with Crippen LogP contribution in [0.4, 0.5) is 0 Å². The highest BCUT2D eigenvalue weighted by Crippen LogP contribution is 2.08. The van der Waals surface area contributed by atoms with Gasteiger partial charge in [-0.3, -0.25) is 9.78 Å². The van der Waals surface area contributed by atoms with Crippen molar-refractivity contribution in [3.63, 3.8) is 0 Å². The Bertz CT molecular complexity index is 432. The van der Waals surface area contributed by atoms with Crippen LogP contribution in [0.2, 0.25) is 0 Å². The Kier molecular flexibility index (Phi) is 4.49. The first-order valence-electron chi connectivity index (χ1n) is 5.00. The highest BCUT2D eigenvalue weighted by atomic mass is 16.2. The number of aliphatic hydroxyl groups is 1. The quantitative estimate of drug-likeness (QED) is 0.736. The Hall–Kier alpha value is -1.86. The van der Waals surface area contributed by atoms with Gasteiger partial charge >= 0.3 is 0 Å². The van der Waals surface area contributed by atoms with E-state index in [-0.39, 0.29) is 12.5 Å². The summed E-state index contributed by atoms with van der Waals surface area (Å²) in [5.74, 6) is 5.13. The van der Waals surface area contributed by atoms with Crippen molar-refractivity contribution in [1.29, 1.82) is 0 Å². The Morgan fingerprint density at radius 1 is 1.62 bits per heavy atom. The summed E-state index contributed by atoms with van der Waals surface area (Å²) >= 11 is 0. The summed E-state index contributed by atoms with van der Waals surface area (Å²) in [5, 5.41) is 8.62. The second kappa shape index (κ2) is 5.89. The van der Waals surface area contributed by atoms with Crippen LogP contribution < -0.4 is 0 Å². The molecule has 0 unspecified atom stereocenters. The number of rotatable bonds is 2. The molecule has 1 heterocycles. The molecule has 1 amide bonds. The molecule has 0 atom stereocenters. The minimum absolute atomic E-state index is 0.0906. The van der Waals surface area contributed by atoms with Crippen molar-refractivity contribution >= 4 is 5.91 Å². The molecule has 1 aromatic rings. The molecule has 0 aromatic carbocycles. The fraction of sp³-hybridized carbons (Fsp3) is 0.333. The van der Waals surface area contributed by atoms with Crippen molar-refractivity contribution in [2.45, 2.75) is 6.92 Å².